The lowest BCUT2D eigenvalue weighted by Gasteiger charge is -2.03. The van der Waals surface area contributed by atoms with Gasteiger partial charge in [0, 0.05) is 35.9 Å². The number of thiazole rings is 1. The van der Waals surface area contributed by atoms with Crippen molar-refractivity contribution in [1.82, 2.24) is 25.4 Å². The number of carbonyl (C=O) groups excluding carboxylic acids is 1. The number of aromatic nitrogens is 4. The number of amides is 1. The van der Waals surface area contributed by atoms with Crippen molar-refractivity contribution in [2.45, 2.75) is 6.54 Å². The van der Waals surface area contributed by atoms with Gasteiger partial charge >= 0.3 is 0 Å². The molecule has 0 bridgehead atoms. The fourth-order valence-electron chi connectivity index (χ4n) is 2.39. The molecular weight excluding hydrogens is 388 g/mol. The zero-order valence-electron chi connectivity index (χ0n) is 14.1. The fraction of sp³-hybridized carbons (Fsp3) is 0.0556. The van der Waals surface area contributed by atoms with Crippen LogP contribution < -0.4 is 5.32 Å². The molecule has 4 aromatic rings. The minimum atomic E-state index is -0.706. The zero-order valence-corrected chi connectivity index (χ0v) is 14.9. The number of carbonyl (C=O) groups is 1. The van der Waals surface area contributed by atoms with Crippen LogP contribution in [-0.4, -0.2) is 26.0 Å². The fourth-order valence-corrected chi connectivity index (χ4v) is 3.10. The topological polar surface area (TPSA) is 93.8 Å². The average molecular weight is 399 g/mol. The van der Waals surface area contributed by atoms with Gasteiger partial charge in [0.25, 0.3) is 11.8 Å². The summed E-state index contributed by atoms with van der Waals surface area (Å²) in [6.45, 7) is -0.0326. The molecule has 0 radical (unpaired) electrons. The van der Waals surface area contributed by atoms with Gasteiger partial charge in [0.15, 0.2) is 5.01 Å². The second-order valence-electron chi connectivity index (χ2n) is 5.66. The van der Waals surface area contributed by atoms with Gasteiger partial charge in [-0.25, -0.2) is 13.8 Å². The highest BCUT2D eigenvalue weighted by molar-refractivity contribution is 7.12. The van der Waals surface area contributed by atoms with Gasteiger partial charge in [0.2, 0.25) is 5.82 Å². The molecule has 1 N–H and O–H groups in total. The van der Waals surface area contributed by atoms with Crippen LogP contribution >= 0.6 is 11.3 Å². The normalized spacial score (nSPS) is 10.8. The maximum absolute atomic E-state index is 13.2. The van der Waals surface area contributed by atoms with Crippen molar-refractivity contribution in [2.24, 2.45) is 0 Å². The van der Waals surface area contributed by atoms with Gasteiger partial charge in [-0.15, -0.1) is 11.3 Å². The molecule has 1 aromatic carbocycles. The molecule has 1 amide bonds. The van der Waals surface area contributed by atoms with Crippen molar-refractivity contribution in [3.63, 3.8) is 0 Å². The number of benzene rings is 1. The molecule has 0 aliphatic heterocycles. The molecule has 3 heterocycles. The van der Waals surface area contributed by atoms with Crippen LogP contribution in [0.1, 0.15) is 15.4 Å². The molecule has 0 aliphatic carbocycles. The van der Waals surface area contributed by atoms with Crippen LogP contribution in [0.2, 0.25) is 0 Å². The van der Waals surface area contributed by atoms with Gasteiger partial charge in [-0.2, -0.15) is 4.98 Å². The molecule has 0 aliphatic rings. The molecule has 140 valence electrons. The molecular formula is C18H11F2N5O2S. The molecule has 3 aromatic heterocycles. The summed E-state index contributed by atoms with van der Waals surface area (Å²) in [4.78, 5) is 24.6. The third kappa shape index (κ3) is 3.91. The maximum atomic E-state index is 13.2. The summed E-state index contributed by atoms with van der Waals surface area (Å²) in [6, 6.07) is 6.54. The first-order valence-electron chi connectivity index (χ1n) is 8.01. The number of hydrogen-bond acceptors (Lipinski definition) is 7. The Kier molecular flexibility index (Phi) is 4.85. The first kappa shape index (κ1) is 17.9. The summed E-state index contributed by atoms with van der Waals surface area (Å²) in [5.74, 6) is -1.34. The molecule has 0 saturated heterocycles. The first-order chi connectivity index (χ1) is 13.6. The Morgan fingerprint density at radius 3 is 2.61 bits per heavy atom. The number of nitrogens with zero attached hydrogens (tertiary/aromatic N) is 4. The summed E-state index contributed by atoms with van der Waals surface area (Å²) >= 11 is 1.09. The Morgan fingerprint density at radius 1 is 1.11 bits per heavy atom. The molecule has 0 atom stereocenters. The standard InChI is InChI=1S/C18H11F2N5O2S/c19-12-5-10(6-13(20)7-12)8-22-16(26)18-23-14(9-28-18)17-24-15(25-27-17)11-1-3-21-4-2-11/h1-7,9H,8H2,(H,22,26). The molecule has 0 saturated carbocycles. The van der Waals surface area contributed by atoms with Crippen LogP contribution in [0.3, 0.4) is 0 Å². The third-order valence-corrected chi connectivity index (χ3v) is 4.50. The third-order valence-electron chi connectivity index (χ3n) is 3.66. The van der Waals surface area contributed by atoms with Gasteiger partial charge in [-0.3, -0.25) is 9.78 Å². The van der Waals surface area contributed by atoms with Gasteiger partial charge in [0.05, 0.1) is 0 Å². The molecule has 0 fully saturated rings. The number of nitrogens with one attached hydrogen (secondary N) is 1. The summed E-state index contributed by atoms with van der Waals surface area (Å²) in [5, 5.41) is 8.23. The summed E-state index contributed by atoms with van der Waals surface area (Å²) in [6.07, 6.45) is 3.22. The van der Waals surface area contributed by atoms with E-state index < -0.39 is 17.5 Å². The van der Waals surface area contributed by atoms with Crippen LogP contribution in [0.4, 0.5) is 8.78 Å². The van der Waals surface area contributed by atoms with Crippen LogP contribution in [-0.2, 0) is 6.54 Å². The van der Waals surface area contributed by atoms with Gasteiger partial charge in [-0.05, 0) is 29.8 Å². The average Bonchev–Trinajstić information content (AvgIpc) is 3.35. The molecule has 4 rings (SSSR count). The Labute approximate surface area is 161 Å². The van der Waals surface area contributed by atoms with Crippen molar-refractivity contribution in [2.75, 3.05) is 0 Å². The molecule has 10 heteroatoms. The SMILES string of the molecule is O=C(NCc1cc(F)cc(F)c1)c1nc(-c2nc(-c3ccncc3)no2)cs1. The summed E-state index contributed by atoms with van der Waals surface area (Å²) in [7, 11) is 0. The van der Waals surface area contributed by atoms with E-state index in [-0.39, 0.29) is 17.4 Å². The van der Waals surface area contributed by atoms with Crippen molar-refractivity contribution < 1.29 is 18.1 Å². The van der Waals surface area contributed by atoms with Gasteiger partial charge in [0.1, 0.15) is 17.3 Å². The Balaban J connectivity index is 1.45. The number of pyridine rings is 1. The minimum absolute atomic E-state index is 0.0326. The van der Waals surface area contributed by atoms with Gasteiger partial charge < -0.3 is 9.84 Å². The second-order valence-corrected chi connectivity index (χ2v) is 6.52. The Hall–Kier alpha value is -3.53. The Bertz CT molecular complexity index is 1110. The highest BCUT2D eigenvalue weighted by Gasteiger charge is 2.17. The lowest BCUT2D eigenvalue weighted by molar-refractivity contribution is 0.0950. The molecule has 0 unspecified atom stereocenters. The van der Waals surface area contributed by atoms with E-state index >= 15 is 0 Å². The van der Waals surface area contributed by atoms with Crippen LogP contribution in [0.15, 0.2) is 52.6 Å². The van der Waals surface area contributed by atoms with Crippen molar-refractivity contribution >= 4 is 17.2 Å². The van der Waals surface area contributed by atoms with Crippen molar-refractivity contribution in [1.29, 1.82) is 0 Å². The second kappa shape index (κ2) is 7.61. The smallest absolute Gasteiger partial charge is 0.280 e. The van der Waals surface area contributed by atoms with E-state index in [1.54, 1.807) is 29.9 Å². The first-order valence-corrected chi connectivity index (χ1v) is 8.89. The summed E-state index contributed by atoms with van der Waals surface area (Å²) in [5.41, 5.74) is 1.40. The van der Waals surface area contributed by atoms with Crippen LogP contribution in [0.5, 0.6) is 0 Å². The maximum Gasteiger partial charge on any atom is 0.280 e. The van der Waals surface area contributed by atoms with E-state index in [2.05, 4.69) is 25.4 Å². The molecule has 0 spiro atoms. The highest BCUT2D eigenvalue weighted by atomic mass is 32.1. The quantitative estimate of drug-likeness (QED) is 0.552. The Morgan fingerprint density at radius 2 is 1.86 bits per heavy atom. The largest absolute Gasteiger partial charge is 0.346 e. The monoisotopic (exact) mass is 399 g/mol. The predicted octanol–water partition coefficient (Wildman–Crippen LogP) is 3.46. The number of halogens is 2. The van der Waals surface area contributed by atoms with Crippen LogP contribution in [0.25, 0.3) is 23.0 Å². The zero-order chi connectivity index (χ0) is 19.5. The van der Waals surface area contributed by atoms with E-state index in [1.165, 1.54) is 0 Å². The number of hydrogen-bond donors (Lipinski definition) is 1. The van der Waals surface area contributed by atoms with E-state index in [9.17, 15) is 13.6 Å². The lowest BCUT2D eigenvalue weighted by atomic mass is 10.2. The lowest BCUT2D eigenvalue weighted by Crippen LogP contribution is -2.22. The van der Waals surface area contributed by atoms with E-state index in [1.807, 2.05) is 0 Å². The van der Waals surface area contributed by atoms with E-state index in [0.29, 0.717) is 17.1 Å². The number of rotatable bonds is 5. The van der Waals surface area contributed by atoms with Crippen molar-refractivity contribution in [3.8, 4) is 23.0 Å². The van der Waals surface area contributed by atoms with Crippen LogP contribution in [0, 0.1) is 11.6 Å². The van der Waals surface area contributed by atoms with Crippen molar-refractivity contribution in [3.05, 3.63) is 70.3 Å². The molecule has 7 nitrogen and oxygen atoms in total. The minimum Gasteiger partial charge on any atom is -0.346 e. The van der Waals surface area contributed by atoms with E-state index in [4.69, 9.17) is 4.52 Å². The summed E-state index contributed by atoms with van der Waals surface area (Å²) < 4.78 is 31.6. The van der Waals surface area contributed by atoms with E-state index in [0.717, 1.165) is 35.1 Å². The molecule has 28 heavy (non-hydrogen) atoms. The highest BCUT2D eigenvalue weighted by Crippen LogP contribution is 2.23. The van der Waals surface area contributed by atoms with Gasteiger partial charge in [-0.1, -0.05) is 5.16 Å². The predicted molar refractivity (Wildman–Crippen MR) is 96.2 cm³/mol.